The Balaban J connectivity index is 1.95. The summed E-state index contributed by atoms with van der Waals surface area (Å²) in [5.41, 5.74) is 0. The number of hydrogen-bond donors (Lipinski definition) is 2. The maximum atomic E-state index is 11.8. The molecule has 0 spiro atoms. The lowest BCUT2D eigenvalue weighted by molar-refractivity contribution is 0.414. The van der Waals surface area contributed by atoms with Gasteiger partial charge in [-0.15, -0.1) is 0 Å². The van der Waals surface area contributed by atoms with Crippen molar-refractivity contribution in [2.45, 2.75) is 31.2 Å². The molecule has 90 valence electrons. The molecular weight excluding hydrogens is 226 g/mol. The van der Waals surface area contributed by atoms with E-state index in [1.165, 1.54) is 25.1 Å². The van der Waals surface area contributed by atoms with E-state index < -0.39 is 10.0 Å². The highest BCUT2D eigenvalue weighted by atomic mass is 32.2. The average molecular weight is 243 g/mol. The Morgan fingerprint density at radius 1 is 1.56 bits per heavy atom. The zero-order valence-electron chi connectivity index (χ0n) is 9.31. The van der Waals surface area contributed by atoms with Gasteiger partial charge >= 0.3 is 0 Å². The summed E-state index contributed by atoms with van der Waals surface area (Å²) in [6, 6.07) is 1.46. The Hall–Kier alpha value is -0.880. The Morgan fingerprint density at radius 3 is 2.94 bits per heavy atom. The fraction of sp³-hybridized carbons (Fsp3) is 0.700. The minimum atomic E-state index is -3.40. The van der Waals surface area contributed by atoms with E-state index in [2.05, 4.69) is 21.8 Å². The highest BCUT2D eigenvalue weighted by molar-refractivity contribution is 7.89. The molecule has 1 heterocycles. The fourth-order valence-corrected chi connectivity index (χ4v) is 3.21. The summed E-state index contributed by atoms with van der Waals surface area (Å²) in [5, 5.41) is 6.24. The summed E-state index contributed by atoms with van der Waals surface area (Å²) in [7, 11) is -3.40. The summed E-state index contributed by atoms with van der Waals surface area (Å²) in [6.45, 7) is 2.71. The molecule has 1 aromatic rings. The van der Waals surface area contributed by atoms with Crippen LogP contribution in [0.25, 0.3) is 0 Å². The van der Waals surface area contributed by atoms with Gasteiger partial charge in [-0.2, -0.15) is 5.10 Å². The first-order valence-corrected chi connectivity index (χ1v) is 7.07. The molecular formula is C10H17N3O2S. The molecule has 0 aliphatic heterocycles. The molecule has 0 radical (unpaired) electrons. The molecule has 2 rings (SSSR count). The summed E-state index contributed by atoms with van der Waals surface area (Å²) in [6.07, 6.45) is 4.97. The van der Waals surface area contributed by atoms with Crippen molar-refractivity contribution in [3.63, 3.8) is 0 Å². The zero-order chi connectivity index (χ0) is 11.6. The van der Waals surface area contributed by atoms with Crippen molar-refractivity contribution in [3.05, 3.63) is 12.3 Å². The van der Waals surface area contributed by atoms with E-state index in [1.54, 1.807) is 0 Å². The van der Waals surface area contributed by atoms with Gasteiger partial charge < -0.3 is 0 Å². The summed E-state index contributed by atoms with van der Waals surface area (Å²) in [4.78, 5) is 0. The van der Waals surface area contributed by atoms with Gasteiger partial charge in [0.25, 0.3) is 10.0 Å². The summed E-state index contributed by atoms with van der Waals surface area (Å²) >= 11 is 0. The van der Waals surface area contributed by atoms with E-state index in [9.17, 15) is 8.42 Å². The Morgan fingerprint density at radius 2 is 2.38 bits per heavy atom. The molecule has 16 heavy (non-hydrogen) atoms. The third-order valence-electron chi connectivity index (χ3n) is 3.34. The number of aromatic nitrogens is 2. The molecule has 0 saturated heterocycles. The van der Waals surface area contributed by atoms with Crippen LogP contribution in [0, 0.1) is 11.8 Å². The molecule has 6 heteroatoms. The topological polar surface area (TPSA) is 74.8 Å². The van der Waals surface area contributed by atoms with Crippen molar-refractivity contribution in [2.75, 3.05) is 6.54 Å². The van der Waals surface area contributed by atoms with E-state index in [4.69, 9.17) is 0 Å². The molecule has 1 saturated carbocycles. The number of rotatable bonds is 4. The smallest absolute Gasteiger partial charge is 0.257 e. The zero-order valence-corrected chi connectivity index (χ0v) is 10.1. The third kappa shape index (κ3) is 2.44. The Bertz CT molecular complexity index is 427. The number of aromatic amines is 1. The van der Waals surface area contributed by atoms with Crippen molar-refractivity contribution in [2.24, 2.45) is 11.8 Å². The van der Waals surface area contributed by atoms with Crippen LogP contribution in [-0.2, 0) is 10.0 Å². The van der Waals surface area contributed by atoms with Gasteiger partial charge in [0, 0.05) is 6.54 Å². The molecule has 5 nitrogen and oxygen atoms in total. The van der Waals surface area contributed by atoms with Crippen LogP contribution in [0.4, 0.5) is 0 Å². The Labute approximate surface area is 95.7 Å². The number of H-pyrrole nitrogens is 1. The molecule has 1 fully saturated rings. The van der Waals surface area contributed by atoms with Crippen LogP contribution >= 0.6 is 0 Å². The first kappa shape index (κ1) is 11.6. The van der Waals surface area contributed by atoms with Crippen molar-refractivity contribution >= 4 is 10.0 Å². The SMILES string of the molecule is CC1CCCC1CNS(=O)(=O)c1ccn[nH]1. The molecule has 1 aliphatic carbocycles. The second-order valence-electron chi connectivity index (χ2n) is 4.44. The van der Waals surface area contributed by atoms with Crippen molar-refractivity contribution < 1.29 is 8.42 Å². The summed E-state index contributed by atoms with van der Waals surface area (Å²) < 4.78 is 26.2. The molecule has 2 unspecified atom stereocenters. The molecule has 0 bridgehead atoms. The number of nitrogens with zero attached hydrogens (tertiary/aromatic N) is 1. The van der Waals surface area contributed by atoms with Crippen LogP contribution < -0.4 is 4.72 Å². The van der Waals surface area contributed by atoms with Crippen LogP contribution in [0.5, 0.6) is 0 Å². The van der Waals surface area contributed by atoms with Gasteiger partial charge in [0.1, 0.15) is 0 Å². The first-order valence-electron chi connectivity index (χ1n) is 5.58. The van der Waals surface area contributed by atoms with Crippen molar-refractivity contribution in [1.29, 1.82) is 0 Å². The maximum absolute atomic E-state index is 11.8. The molecule has 2 N–H and O–H groups in total. The van der Waals surface area contributed by atoms with Crippen LogP contribution in [0.15, 0.2) is 17.3 Å². The molecule has 0 amide bonds. The largest absolute Gasteiger partial charge is 0.266 e. The van der Waals surface area contributed by atoms with Crippen LogP contribution in [-0.4, -0.2) is 25.2 Å². The minimum Gasteiger partial charge on any atom is -0.266 e. The second kappa shape index (κ2) is 4.55. The van der Waals surface area contributed by atoms with Gasteiger partial charge in [0.05, 0.1) is 6.20 Å². The number of sulfonamides is 1. The molecule has 0 aromatic carbocycles. The highest BCUT2D eigenvalue weighted by Crippen LogP contribution is 2.30. The van der Waals surface area contributed by atoms with E-state index in [0.717, 1.165) is 6.42 Å². The standard InChI is InChI=1S/C10H17N3O2S/c1-8-3-2-4-9(8)7-12-16(14,15)10-5-6-11-13-10/h5-6,8-9,12H,2-4,7H2,1H3,(H,11,13). The van der Waals surface area contributed by atoms with Gasteiger partial charge in [0.15, 0.2) is 5.03 Å². The Kier molecular flexibility index (Phi) is 3.30. The van der Waals surface area contributed by atoms with Crippen LogP contribution in [0.3, 0.4) is 0 Å². The third-order valence-corrected chi connectivity index (χ3v) is 4.69. The average Bonchev–Trinajstić information content (AvgIpc) is 2.85. The second-order valence-corrected chi connectivity index (χ2v) is 6.18. The summed E-state index contributed by atoms with van der Waals surface area (Å²) in [5.74, 6) is 1.09. The first-order chi connectivity index (χ1) is 7.59. The van der Waals surface area contributed by atoms with E-state index in [-0.39, 0.29) is 5.03 Å². The monoisotopic (exact) mass is 243 g/mol. The van der Waals surface area contributed by atoms with Gasteiger partial charge in [-0.25, -0.2) is 13.1 Å². The quantitative estimate of drug-likeness (QED) is 0.832. The van der Waals surface area contributed by atoms with E-state index >= 15 is 0 Å². The molecule has 1 aliphatic rings. The van der Waals surface area contributed by atoms with Crippen LogP contribution in [0.1, 0.15) is 26.2 Å². The minimum absolute atomic E-state index is 0.137. The van der Waals surface area contributed by atoms with Gasteiger partial charge in [0.2, 0.25) is 0 Å². The van der Waals surface area contributed by atoms with E-state index in [0.29, 0.717) is 18.4 Å². The van der Waals surface area contributed by atoms with Crippen molar-refractivity contribution in [3.8, 4) is 0 Å². The number of nitrogens with one attached hydrogen (secondary N) is 2. The highest BCUT2D eigenvalue weighted by Gasteiger charge is 2.25. The predicted molar refractivity (Wildman–Crippen MR) is 60.3 cm³/mol. The lowest BCUT2D eigenvalue weighted by Gasteiger charge is -2.15. The maximum Gasteiger partial charge on any atom is 0.257 e. The van der Waals surface area contributed by atoms with E-state index in [1.807, 2.05) is 0 Å². The number of hydrogen-bond acceptors (Lipinski definition) is 3. The van der Waals surface area contributed by atoms with Crippen molar-refractivity contribution in [1.82, 2.24) is 14.9 Å². The van der Waals surface area contributed by atoms with Gasteiger partial charge in [-0.1, -0.05) is 19.8 Å². The lowest BCUT2D eigenvalue weighted by Crippen LogP contribution is -2.30. The molecule has 2 atom stereocenters. The van der Waals surface area contributed by atoms with Gasteiger partial charge in [-0.05, 0) is 24.3 Å². The van der Waals surface area contributed by atoms with Crippen LogP contribution in [0.2, 0.25) is 0 Å². The lowest BCUT2D eigenvalue weighted by atomic mass is 9.99. The fourth-order valence-electron chi connectivity index (χ4n) is 2.21. The predicted octanol–water partition coefficient (Wildman–Crippen LogP) is 1.12. The normalized spacial score (nSPS) is 26.1. The molecule has 1 aromatic heterocycles. The van der Waals surface area contributed by atoms with Gasteiger partial charge in [-0.3, -0.25) is 5.10 Å².